The van der Waals surface area contributed by atoms with Crippen molar-refractivity contribution in [3.63, 3.8) is 0 Å². The van der Waals surface area contributed by atoms with E-state index in [1.54, 1.807) is 0 Å². The van der Waals surface area contributed by atoms with Crippen molar-refractivity contribution in [1.82, 2.24) is 21.3 Å². The van der Waals surface area contributed by atoms with Gasteiger partial charge in [-0.25, -0.2) is 0 Å². The molecule has 12 nitrogen and oxygen atoms in total. The van der Waals surface area contributed by atoms with Crippen LogP contribution in [0.15, 0.2) is 60.7 Å². The molecule has 0 aliphatic rings. The number of nitrogens with two attached hydrogens (primary N) is 3. The molecule has 0 aliphatic carbocycles. The van der Waals surface area contributed by atoms with Crippen molar-refractivity contribution in [2.75, 3.05) is 13.1 Å². The zero-order valence-electron chi connectivity index (χ0n) is 27.7. The summed E-state index contributed by atoms with van der Waals surface area (Å²) in [6, 6.07) is 14.9. The number of hydrogen-bond acceptors (Lipinski definition) is 7. The second-order valence-corrected chi connectivity index (χ2v) is 12.3. The molecule has 0 saturated carbocycles. The van der Waals surface area contributed by atoms with Gasteiger partial charge in [0, 0.05) is 19.4 Å². The molecule has 2 aromatic rings. The van der Waals surface area contributed by atoms with E-state index in [4.69, 9.17) is 17.2 Å². The van der Waals surface area contributed by atoms with Crippen LogP contribution in [0.3, 0.4) is 0 Å². The van der Waals surface area contributed by atoms with E-state index in [2.05, 4.69) is 21.3 Å². The van der Waals surface area contributed by atoms with Crippen molar-refractivity contribution in [1.29, 1.82) is 0 Å². The Kier molecular flexibility index (Phi) is 17.8. The van der Waals surface area contributed by atoms with E-state index in [9.17, 15) is 24.0 Å². The van der Waals surface area contributed by atoms with Gasteiger partial charge in [0.25, 0.3) is 0 Å². The van der Waals surface area contributed by atoms with Gasteiger partial charge in [-0.15, -0.1) is 0 Å². The molecule has 2 aromatic carbocycles. The van der Waals surface area contributed by atoms with Crippen LogP contribution in [0, 0.1) is 5.92 Å². The Morgan fingerprint density at radius 1 is 0.660 bits per heavy atom. The predicted molar refractivity (Wildman–Crippen MR) is 182 cm³/mol. The van der Waals surface area contributed by atoms with E-state index in [-0.39, 0.29) is 24.2 Å². The maximum Gasteiger partial charge on any atom is 0.243 e. The van der Waals surface area contributed by atoms with E-state index in [1.165, 1.54) is 0 Å². The number of primary amides is 1. The fourth-order valence-electron chi connectivity index (χ4n) is 5.07. The quantitative estimate of drug-likeness (QED) is 0.0924. The van der Waals surface area contributed by atoms with Crippen LogP contribution in [-0.2, 0) is 36.8 Å². The molecule has 0 spiro atoms. The predicted octanol–water partition coefficient (Wildman–Crippen LogP) is 1.20. The summed E-state index contributed by atoms with van der Waals surface area (Å²) in [4.78, 5) is 64.5. The normalized spacial score (nSPS) is 13.6. The molecule has 0 radical (unpaired) electrons. The van der Waals surface area contributed by atoms with Crippen molar-refractivity contribution in [3.05, 3.63) is 71.8 Å². The average Bonchev–Trinajstić information content (AvgIpc) is 3.04. The zero-order valence-corrected chi connectivity index (χ0v) is 27.7. The molecule has 0 unspecified atom stereocenters. The fourth-order valence-corrected chi connectivity index (χ4v) is 5.07. The van der Waals surface area contributed by atoms with Gasteiger partial charge in [-0.05, 0) is 62.1 Å². The minimum absolute atomic E-state index is 0.0317. The molecule has 5 amide bonds. The topological polar surface area (TPSA) is 212 Å². The minimum Gasteiger partial charge on any atom is -0.370 e. The van der Waals surface area contributed by atoms with E-state index in [0.29, 0.717) is 58.0 Å². The first-order valence-electron chi connectivity index (χ1n) is 16.5. The molecule has 0 heterocycles. The molecule has 0 fully saturated rings. The number of carbonyl (C=O) groups excluding carboxylic acids is 5. The number of amides is 5. The highest BCUT2D eigenvalue weighted by molar-refractivity contribution is 5.95. The van der Waals surface area contributed by atoms with Gasteiger partial charge in [0.1, 0.15) is 18.1 Å². The Morgan fingerprint density at radius 3 is 1.79 bits per heavy atom. The number of carbonyl (C=O) groups is 5. The summed E-state index contributed by atoms with van der Waals surface area (Å²) in [6.07, 6.45) is 3.94. The summed E-state index contributed by atoms with van der Waals surface area (Å²) < 4.78 is 0. The lowest BCUT2D eigenvalue weighted by molar-refractivity contribution is -0.134. The van der Waals surface area contributed by atoms with Gasteiger partial charge >= 0.3 is 0 Å². The smallest absolute Gasteiger partial charge is 0.243 e. The first kappa shape index (κ1) is 38.9. The lowest BCUT2D eigenvalue weighted by Crippen LogP contribution is -2.58. The van der Waals surface area contributed by atoms with Gasteiger partial charge in [0.2, 0.25) is 29.5 Å². The summed E-state index contributed by atoms with van der Waals surface area (Å²) in [5.41, 5.74) is 18.8. The molecule has 258 valence electrons. The van der Waals surface area contributed by atoms with Crippen LogP contribution < -0.4 is 38.5 Å². The largest absolute Gasteiger partial charge is 0.370 e. The number of nitrogens with one attached hydrogen (secondary N) is 4. The van der Waals surface area contributed by atoms with Crippen molar-refractivity contribution >= 4 is 29.5 Å². The van der Waals surface area contributed by atoms with Gasteiger partial charge in [0.15, 0.2) is 0 Å². The maximum absolute atomic E-state index is 13.8. The molecule has 0 aliphatic heterocycles. The third-order valence-corrected chi connectivity index (χ3v) is 7.62. The molecule has 47 heavy (non-hydrogen) atoms. The third kappa shape index (κ3) is 15.7. The SMILES string of the molecule is CC(C)C[C@@H](NC(=O)[C@@H](Cc1ccccc1)NC(=O)[C@H](N)Cc1ccccc1)C(=O)N[C@H](CCCN)C(=O)NCCCCCC(N)=O. The number of benzene rings is 2. The highest BCUT2D eigenvalue weighted by atomic mass is 16.2. The number of hydrogen-bond donors (Lipinski definition) is 7. The third-order valence-electron chi connectivity index (χ3n) is 7.62. The molecule has 2 rings (SSSR count). The van der Waals surface area contributed by atoms with Gasteiger partial charge in [-0.2, -0.15) is 0 Å². The Morgan fingerprint density at radius 2 is 1.21 bits per heavy atom. The summed E-state index contributed by atoms with van der Waals surface area (Å²) in [5.74, 6) is -2.20. The summed E-state index contributed by atoms with van der Waals surface area (Å²) >= 11 is 0. The molecule has 0 bridgehead atoms. The van der Waals surface area contributed by atoms with Crippen LogP contribution in [-0.4, -0.2) is 66.8 Å². The highest BCUT2D eigenvalue weighted by Gasteiger charge is 2.31. The van der Waals surface area contributed by atoms with Crippen LogP contribution >= 0.6 is 0 Å². The van der Waals surface area contributed by atoms with E-state index < -0.39 is 41.9 Å². The Hall–Kier alpha value is -4.29. The van der Waals surface area contributed by atoms with Crippen molar-refractivity contribution < 1.29 is 24.0 Å². The minimum atomic E-state index is -1.000. The Bertz CT molecular complexity index is 1260. The maximum atomic E-state index is 13.8. The number of unbranched alkanes of at least 4 members (excludes halogenated alkanes) is 2. The molecule has 12 heteroatoms. The van der Waals surface area contributed by atoms with E-state index >= 15 is 0 Å². The zero-order chi connectivity index (χ0) is 34.6. The lowest BCUT2D eigenvalue weighted by atomic mass is 10.00. The Labute approximate surface area is 278 Å². The highest BCUT2D eigenvalue weighted by Crippen LogP contribution is 2.10. The van der Waals surface area contributed by atoms with Crippen molar-refractivity contribution in [2.45, 2.75) is 95.8 Å². The summed E-state index contributed by atoms with van der Waals surface area (Å²) in [7, 11) is 0. The monoisotopic (exact) mass is 651 g/mol. The van der Waals surface area contributed by atoms with Crippen LogP contribution in [0.2, 0.25) is 0 Å². The first-order valence-corrected chi connectivity index (χ1v) is 16.5. The van der Waals surface area contributed by atoms with Crippen LogP contribution in [0.5, 0.6) is 0 Å². The molecule has 0 saturated heterocycles. The summed E-state index contributed by atoms with van der Waals surface area (Å²) in [6.45, 7) is 4.57. The second-order valence-electron chi connectivity index (χ2n) is 12.3. The van der Waals surface area contributed by atoms with Gasteiger partial charge in [-0.3, -0.25) is 24.0 Å². The lowest BCUT2D eigenvalue weighted by Gasteiger charge is -2.27. The van der Waals surface area contributed by atoms with Crippen molar-refractivity contribution in [2.24, 2.45) is 23.1 Å². The standard InChI is InChI=1S/C35H53N7O5/c1-24(2)21-29(34(46)40-28(17-12-19-36)33(45)39-20-11-5-10-18-31(38)43)42-35(47)30(23-26-15-8-4-9-16-26)41-32(44)27(37)22-25-13-6-3-7-14-25/h3-4,6-9,13-16,24,27-30H,5,10-12,17-23,36-37H2,1-2H3,(H2,38,43)(H,39,45)(H,40,46)(H,41,44)(H,42,47)/t27-,28-,29-,30-/m1/s1. The summed E-state index contributed by atoms with van der Waals surface area (Å²) in [5, 5.41) is 11.3. The van der Waals surface area contributed by atoms with Gasteiger partial charge in [-0.1, -0.05) is 80.9 Å². The van der Waals surface area contributed by atoms with Gasteiger partial charge < -0.3 is 38.5 Å². The molecule has 0 aromatic heterocycles. The van der Waals surface area contributed by atoms with Crippen molar-refractivity contribution in [3.8, 4) is 0 Å². The fraction of sp³-hybridized carbons (Fsp3) is 0.514. The van der Waals surface area contributed by atoms with Crippen LogP contribution in [0.25, 0.3) is 0 Å². The second kappa shape index (κ2) is 21.5. The van der Waals surface area contributed by atoms with Gasteiger partial charge in [0.05, 0.1) is 6.04 Å². The van der Waals surface area contributed by atoms with Crippen LogP contribution in [0.1, 0.15) is 69.9 Å². The molecular weight excluding hydrogens is 598 g/mol. The molecular formula is C35H53N7O5. The average molecular weight is 652 g/mol. The first-order chi connectivity index (χ1) is 22.5. The molecule has 4 atom stereocenters. The number of rotatable bonds is 22. The Balaban J connectivity index is 2.14. The van der Waals surface area contributed by atoms with Crippen LogP contribution in [0.4, 0.5) is 0 Å². The molecule has 10 N–H and O–H groups in total. The van der Waals surface area contributed by atoms with E-state index in [0.717, 1.165) is 17.5 Å². The van der Waals surface area contributed by atoms with E-state index in [1.807, 2.05) is 74.5 Å².